The molecule has 0 aromatic rings. The van der Waals surface area contributed by atoms with Crippen molar-refractivity contribution in [3.05, 3.63) is 0 Å². The smallest absolute Gasteiger partial charge is 0.0195 e. The number of likely N-dealkylation sites (tertiary alicyclic amines) is 1. The van der Waals surface area contributed by atoms with Gasteiger partial charge in [0.15, 0.2) is 0 Å². The van der Waals surface area contributed by atoms with Crippen LogP contribution in [0.4, 0.5) is 0 Å². The zero-order chi connectivity index (χ0) is 10.7. The maximum Gasteiger partial charge on any atom is 0.0195 e. The summed E-state index contributed by atoms with van der Waals surface area (Å²) in [5.74, 6) is 0.826. The normalized spacial score (nSPS) is 33.8. The molecule has 0 bridgehead atoms. The molecular weight excluding hydrogens is 184 g/mol. The van der Waals surface area contributed by atoms with Crippen LogP contribution in [0.5, 0.6) is 0 Å². The highest BCUT2D eigenvalue weighted by atomic mass is 15.2. The third-order valence-corrected chi connectivity index (χ3v) is 4.05. The quantitative estimate of drug-likeness (QED) is 0.768. The van der Waals surface area contributed by atoms with E-state index in [1.54, 1.807) is 0 Å². The van der Waals surface area contributed by atoms with Crippen LogP contribution in [0.25, 0.3) is 0 Å². The Morgan fingerprint density at radius 1 is 1.20 bits per heavy atom. The van der Waals surface area contributed by atoms with Gasteiger partial charge in [-0.3, -0.25) is 4.90 Å². The van der Waals surface area contributed by atoms with E-state index in [1.165, 1.54) is 51.7 Å². The van der Waals surface area contributed by atoms with Crippen molar-refractivity contribution in [2.24, 2.45) is 5.92 Å². The molecule has 0 aliphatic carbocycles. The summed E-state index contributed by atoms with van der Waals surface area (Å²) in [6, 6.07) is 1.63. The Kier molecular flexibility index (Phi) is 4.04. The van der Waals surface area contributed by atoms with Crippen LogP contribution in [-0.4, -0.2) is 36.6 Å². The first-order chi connectivity index (χ1) is 7.27. The summed E-state index contributed by atoms with van der Waals surface area (Å²) in [6.07, 6.45) is 7.05. The molecule has 2 fully saturated rings. The van der Waals surface area contributed by atoms with Crippen molar-refractivity contribution >= 4 is 0 Å². The van der Waals surface area contributed by atoms with E-state index in [1.807, 2.05) is 0 Å². The summed E-state index contributed by atoms with van der Waals surface area (Å²) >= 11 is 0. The van der Waals surface area contributed by atoms with Crippen molar-refractivity contribution < 1.29 is 0 Å². The third kappa shape index (κ3) is 2.94. The molecule has 0 spiro atoms. The zero-order valence-electron chi connectivity index (χ0n) is 10.3. The van der Waals surface area contributed by atoms with Gasteiger partial charge in [0.05, 0.1) is 0 Å². The first kappa shape index (κ1) is 11.4. The molecule has 2 heteroatoms. The maximum atomic E-state index is 3.62. The Morgan fingerprint density at radius 2 is 2.07 bits per heavy atom. The molecule has 2 saturated heterocycles. The van der Waals surface area contributed by atoms with Crippen molar-refractivity contribution in [1.29, 1.82) is 0 Å². The minimum atomic E-state index is 0.782. The minimum absolute atomic E-state index is 0.782. The highest BCUT2D eigenvalue weighted by molar-refractivity contribution is 4.85. The molecule has 2 atom stereocenters. The van der Waals surface area contributed by atoms with Gasteiger partial charge in [-0.15, -0.1) is 0 Å². The molecular formula is C13H26N2. The molecule has 0 radical (unpaired) electrons. The van der Waals surface area contributed by atoms with E-state index < -0.39 is 0 Å². The van der Waals surface area contributed by atoms with Crippen molar-refractivity contribution in [2.45, 2.75) is 58.0 Å². The lowest BCUT2D eigenvalue weighted by Crippen LogP contribution is -2.48. The fourth-order valence-corrected chi connectivity index (χ4v) is 3.19. The van der Waals surface area contributed by atoms with Crippen molar-refractivity contribution in [2.75, 3.05) is 19.6 Å². The maximum absolute atomic E-state index is 3.62. The number of hydrogen-bond donors (Lipinski definition) is 1. The predicted molar refractivity (Wildman–Crippen MR) is 65.1 cm³/mol. The van der Waals surface area contributed by atoms with E-state index in [0.29, 0.717) is 0 Å². The first-order valence-corrected chi connectivity index (χ1v) is 6.75. The Balaban J connectivity index is 1.86. The molecule has 0 aromatic carbocycles. The Morgan fingerprint density at radius 3 is 2.73 bits per heavy atom. The van der Waals surface area contributed by atoms with Gasteiger partial charge in [0.1, 0.15) is 0 Å². The molecule has 0 aromatic heterocycles. The summed E-state index contributed by atoms with van der Waals surface area (Å²) in [5.41, 5.74) is 0. The van der Waals surface area contributed by atoms with Crippen LogP contribution in [0.1, 0.15) is 46.0 Å². The summed E-state index contributed by atoms with van der Waals surface area (Å²) in [7, 11) is 0. The fourth-order valence-electron chi connectivity index (χ4n) is 3.19. The van der Waals surface area contributed by atoms with Gasteiger partial charge < -0.3 is 5.32 Å². The molecule has 15 heavy (non-hydrogen) atoms. The minimum Gasteiger partial charge on any atom is -0.313 e. The average Bonchev–Trinajstić information content (AvgIpc) is 2.71. The van der Waals surface area contributed by atoms with Crippen LogP contribution in [-0.2, 0) is 0 Å². The summed E-state index contributed by atoms with van der Waals surface area (Å²) < 4.78 is 0. The van der Waals surface area contributed by atoms with Crippen molar-refractivity contribution in [1.82, 2.24) is 10.2 Å². The number of nitrogens with one attached hydrogen (secondary N) is 1. The second kappa shape index (κ2) is 5.31. The van der Waals surface area contributed by atoms with Crippen molar-refractivity contribution in [3.63, 3.8) is 0 Å². The number of rotatable bonds is 3. The number of hydrogen-bond acceptors (Lipinski definition) is 2. The van der Waals surface area contributed by atoms with Crippen LogP contribution in [0.2, 0.25) is 0 Å². The molecule has 0 amide bonds. The lowest BCUT2D eigenvalue weighted by atomic mass is 9.92. The van der Waals surface area contributed by atoms with E-state index in [9.17, 15) is 0 Å². The lowest BCUT2D eigenvalue weighted by Gasteiger charge is -2.39. The van der Waals surface area contributed by atoms with Gasteiger partial charge >= 0.3 is 0 Å². The molecule has 2 rings (SSSR count). The fraction of sp³-hybridized carbons (Fsp3) is 1.00. The predicted octanol–water partition coefficient (Wildman–Crippen LogP) is 2.25. The lowest BCUT2D eigenvalue weighted by molar-refractivity contribution is 0.102. The summed E-state index contributed by atoms with van der Waals surface area (Å²) in [5, 5.41) is 3.62. The van der Waals surface area contributed by atoms with Gasteiger partial charge in [-0.25, -0.2) is 0 Å². The van der Waals surface area contributed by atoms with E-state index >= 15 is 0 Å². The van der Waals surface area contributed by atoms with Gasteiger partial charge in [0.25, 0.3) is 0 Å². The Labute approximate surface area is 94.4 Å². The van der Waals surface area contributed by atoms with Crippen LogP contribution in [0, 0.1) is 5.92 Å². The molecule has 88 valence electrons. The largest absolute Gasteiger partial charge is 0.313 e. The molecule has 2 aliphatic heterocycles. The van der Waals surface area contributed by atoms with Gasteiger partial charge in [-0.05, 0) is 44.7 Å². The zero-order valence-corrected chi connectivity index (χ0v) is 10.3. The Bertz CT molecular complexity index is 185. The Hall–Kier alpha value is -0.0800. The second-order valence-corrected chi connectivity index (χ2v) is 5.60. The second-order valence-electron chi connectivity index (χ2n) is 5.60. The average molecular weight is 210 g/mol. The SMILES string of the molecule is CC(C)C1CCCCN1CC1CCCN1. The molecule has 0 saturated carbocycles. The summed E-state index contributed by atoms with van der Waals surface area (Å²) in [4.78, 5) is 2.75. The van der Waals surface area contributed by atoms with Gasteiger partial charge in [-0.2, -0.15) is 0 Å². The van der Waals surface area contributed by atoms with Crippen LogP contribution in [0.15, 0.2) is 0 Å². The standard InChI is InChI=1S/C13H26N2/c1-11(2)13-7-3-4-9-15(13)10-12-6-5-8-14-12/h11-14H,3-10H2,1-2H3. The highest BCUT2D eigenvalue weighted by Gasteiger charge is 2.27. The van der Waals surface area contributed by atoms with Gasteiger partial charge in [-0.1, -0.05) is 20.3 Å². The first-order valence-electron chi connectivity index (χ1n) is 6.75. The van der Waals surface area contributed by atoms with E-state index in [-0.39, 0.29) is 0 Å². The highest BCUT2D eigenvalue weighted by Crippen LogP contribution is 2.24. The number of piperidine rings is 1. The monoisotopic (exact) mass is 210 g/mol. The van der Waals surface area contributed by atoms with Crippen LogP contribution >= 0.6 is 0 Å². The van der Waals surface area contributed by atoms with E-state index in [0.717, 1.165) is 18.0 Å². The summed E-state index contributed by atoms with van der Waals surface area (Å²) in [6.45, 7) is 8.63. The topological polar surface area (TPSA) is 15.3 Å². The molecule has 2 nitrogen and oxygen atoms in total. The number of nitrogens with zero attached hydrogens (tertiary/aromatic N) is 1. The van der Waals surface area contributed by atoms with E-state index in [4.69, 9.17) is 0 Å². The molecule has 2 unspecified atom stereocenters. The molecule has 1 N–H and O–H groups in total. The van der Waals surface area contributed by atoms with E-state index in [2.05, 4.69) is 24.1 Å². The van der Waals surface area contributed by atoms with Gasteiger partial charge in [0, 0.05) is 18.6 Å². The molecule has 2 heterocycles. The van der Waals surface area contributed by atoms with Crippen LogP contribution < -0.4 is 5.32 Å². The third-order valence-electron chi connectivity index (χ3n) is 4.05. The van der Waals surface area contributed by atoms with Gasteiger partial charge in [0.2, 0.25) is 0 Å². The molecule has 2 aliphatic rings. The van der Waals surface area contributed by atoms with Crippen LogP contribution in [0.3, 0.4) is 0 Å². The van der Waals surface area contributed by atoms with Crippen molar-refractivity contribution in [3.8, 4) is 0 Å².